The van der Waals surface area contributed by atoms with Crippen LogP contribution in [0.15, 0.2) is 23.4 Å². The summed E-state index contributed by atoms with van der Waals surface area (Å²) in [5, 5.41) is 10.9. The predicted octanol–water partition coefficient (Wildman–Crippen LogP) is 4.10. The van der Waals surface area contributed by atoms with Crippen molar-refractivity contribution in [1.82, 2.24) is 14.8 Å². The number of hydrogen-bond acceptors (Lipinski definition) is 4. The number of nitrogens with zero attached hydrogens (tertiary/aromatic N) is 3. The quantitative estimate of drug-likeness (QED) is 0.781. The minimum Gasteiger partial charge on any atom is -0.325 e. The van der Waals surface area contributed by atoms with Crippen LogP contribution in [0.3, 0.4) is 0 Å². The number of anilines is 1. The SMILES string of the molecule is Cn1c(SCC(=O)Nc2ccc(Cl)cc2C(F)(F)F)nnc1C1CC1. The van der Waals surface area contributed by atoms with Gasteiger partial charge in [0.1, 0.15) is 5.82 Å². The largest absolute Gasteiger partial charge is 0.418 e. The Morgan fingerprint density at radius 2 is 2.12 bits per heavy atom. The van der Waals surface area contributed by atoms with E-state index in [-0.39, 0.29) is 16.5 Å². The number of amides is 1. The minimum atomic E-state index is -4.61. The van der Waals surface area contributed by atoms with Crippen LogP contribution >= 0.6 is 23.4 Å². The number of alkyl halides is 3. The van der Waals surface area contributed by atoms with Crippen molar-refractivity contribution in [3.63, 3.8) is 0 Å². The summed E-state index contributed by atoms with van der Waals surface area (Å²) in [6, 6.07) is 3.22. The van der Waals surface area contributed by atoms with Crippen molar-refractivity contribution >= 4 is 35.0 Å². The summed E-state index contributed by atoms with van der Waals surface area (Å²) in [7, 11) is 1.81. The molecule has 1 saturated carbocycles. The van der Waals surface area contributed by atoms with Gasteiger partial charge in [0.05, 0.1) is 17.0 Å². The fourth-order valence-corrected chi connectivity index (χ4v) is 3.22. The van der Waals surface area contributed by atoms with Gasteiger partial charge in [-0.2, -0.15) is 13.2 Å². The highest BCUT2D eigenvalue weighted by Crippen LogP contribution is 2.39. The molecule has 1 aliphatic rings. The maximum absolute atomic E-state index is 13.0. The first-order valence-electron chi connectivity index (χ1n) is 7.44. The van der Waals surface area contributed by atoms with E-state index in [0.29, 0.717) is 11.1 Å². The average Bonchev–Trinajstić information content (AvgIpc) is 3.30. The molecule has 0 atom stereocenters. The normalized spacial score (nSPS) is 14.6. The molecule has 3 rings (SSSR count). The molecule has 1 aromatic carbocycles. The summed E-state index contributed by atoms with van der Waals surface area (Å²) in [6.07, 6.45) is -2.45. The number of carbonyl (C=O) groups is 1. The van der Waals surface area contributed by atoms with Crippen molar-refractivity contribution in [3.8, 4) is 0 Å². The van der Waals surface area contributed by atoms with Crippen molar-refractivity contribution in [2.75, 3.05) is 11.1 Å². The predicted molar refractivity (Wildman–Crippen MR) is 88.8 cm³/mol. The summed E-state index contributed by atoms with van der Waals surface area (Å²) >= 11 is 6.74. The zero-order valence-electron chi connectivity index (χ0n) is 13.1. The molecular weight excluding hydrogens is 377 g/mol. The van der Waals surface area contributed by atoms with Gasteiger partial charge in [0.2, 0.25) is 5.91 Å². The van der Waals surface area contributed by atoms with Gasteiger partial charge >= 0.3 is 6.18 Å². The number of halogens is 4. The fourth-order valence-electron chi connectivity index (χ4n) is 2.33. The van der Waals surface area contributed by atoms with Crippen LogP contribution in [0.5, 0.6) is 0 Å². The monoisotopic (exact) mass is 390 g/mol. The topological polar surface area (TPSA) is 59.8 Å². The number of benzene rings is 1. The number of carbonyl (C=O) groups excluding carboxylic acids is 1. The highest BCUT2D eigenvalue weighted by Gasteiger charge is 2.34. The summed E-state index contributed by atoms with van der Waals surface area (Å²) in [6.45, 7) is 0. The first kappa shape index (κ1) is 18.1. The lowest BCUT2D eigenvalue weighted by Crippen LogP contribution is -2.18. The second-order valence-corrected chi connectivity index (χ2v) is 7.08. The summed E-state index contributed by atoms with van der Waals surface area (Å²) in [4.78, 5) is 12.0. The van der Waals surface area contributed by atoms with Gasteiger partial charge in [-0.15, -0.1) is 10.2 Å². The zero-order chi connectivity index (χ0) is 18.2. The number of rotatable bonds is 5. The van der Waals surface area contributed by atoms with Crippen LogP contribution in [0.2, 0.25) is 5.02 Å². The van der Waals surface area contributed by atoms with Crippen LogP contribution in [-0.4, -0.2) is 26.4 Å². The molecule has 0 aliphatic heterocycles. The van der Waals surface area contributed by atoms with Crippen molar-refractivity contribution in [1.29, 1.82) is 0 Å². The molecule has 25 heavy (non-hydrogen) atoms. The third kappa shape index (κ3) is 4.27. The fraction of sp³-hybridized carbons (Fsp3) is 0.400. The zero-order valence-corrected chi connectivity index (χ0v) is 14.7. The van der Waals surface area contributed by atoms with Crippen LogP contribution in [0, 0.1) is 0 Å². The van der Waals surface area contributed by atoms with Gasteiger partial charge in [-0.25, -0.2) is 0 Å². The maximum Gasteiger partial charge on any atom is 0.418 e. The average molecular weight is 391 g/mol. The van der Waals surface area contributed by atoms with Crippen LogP contribution in [0.25, 0.3) is 0 Å². The summed E-state index contributed by atoms with van der Waals surface area (Å²) in [5.74, 6) is 0.661. The standard InChI is InChI=1S/C15H14ClF3N4OS/c1-23-13(8-2-3-8)21-22-14(23)25-7-12(24)20-11-5-4-9(16)6-10(11)15(17,18)19/h4-6,8H,2-3,7H2,1H3,(H,20,24). The highest BCUT2D eigenvalue weighted by atomic mass is 35.5. The number of nitrogens with one attached hydrogen (secondary N) is 1. The number of thioether (sulfide) groups is 1. The Bertz CT molecular complexity index is 805. The molecule has 0 spiro atoms. The van der Waals surface area contributed by atoms with Gasteiger partial charge in [-0.1, -0.05) is 23.4 Å². The van der Waals surface area contributed by atoms with Crippen molar-refractivity contribution < 1.29 is 18.0 Å². The molecule has 1 aromatic heterocycles. The molecule has 1 fully saturated rings. The summed E-state index contributed by atoms with van der Waals surface area (Å²) in [5.41, 5.74) is -1.30. The molecule has 0 bridgehead atoms. The maximum atomic E-state index is 13.0. The van der Waals surface area contributed by atoms with E-state index in [4.69, 9.17) is 11.6 Å². The minimum absolute atomic E-state index is 0.0496. The molecule has 10 heteroatoms. The van der Waals surface area contributed by atoms with E-state index in [1.807, 2.05) is 11.6 Å². The van der Waals surface area contributed by atoms with Gasteiger partial charge in [0, 0.05) is 18.0 Å². The molecule has 0 unspecified atom stereocenters. The molecule has 1 N–H and O–H groups in total. The second kappa shape index (κ2) is 6.87. The van der Waals surface area contributed by atoms with Crippen LogP contribution in [-0.2, 0) is 18.0 Å². The van der Waals surface area contributed by atoms with Gasteiger partial charge in [-0.3, -0.25) is 4.79 Å². The molecule has 1 amide bonds. The molecule has 134 valence electrons. The van der Waals surface area contributed by atoms with Crippen LogP contribution < -0.4 is 5.32 Å². The Hall–Kier alpha value is -1.74. The van der Waals surface area contributed by atoms with Gasteiger partial charge in [0.15, 0.2) is 5.16 Å². The summed E-state index contributed by atoms with van der Waals surface area (Å²) < 4.78 is 40.9. The third-order valence-corrected chi connectivity index (χ3v) is 4.96. The highest BCUT2D eigenvalue weighted by molar-refractivity contribution is 7.99. The van der Waals surface area contributed by atoms with Gasteiger partial charge < -0.3 is 9.88 Å². The first-order valence-corrected chi connectivity index (χ1v) is 8.80. The van der Waals surface area contributed by atoms with Crippen LogP contribution in [0.4, 0.5) is 18.9 Å². The first-order chi connectivity index (χ1) is 11.8. The molecule has 0 saturated heterocycles. The lowest BCUT2D eigenvalue weighted by atomic mass is 10.1. The van der Waals surface area contributed by atoms with E-state index in [0.717, 1.165) is 42.6 Å². The van der Waals surface area contributed by atoms with E-state index in [2.05, 4.69) is 15.5 Å². The molecule has 2 aromatic rings. The third-order valence-electron chi connectivity index (χ3n) is 3.70. The second-order valence-electron chi connectivity index (χ2n) is 5.70. The van der Waals surface area contributed by atoms with E-state index in [1.165, 1.54) is 6.07 Å². The van der Waals surface area contributed by atoms with Gasteiger partial charge in [0.25, 0.3) is 0 Å². The molecule has 1 heterocycles. The lowest BCUT2D eigenvalue weighted by molar-refractivity contribution is -0.137. The Morgan fingerprint density at radius 1 is 1.40 bits per heavy atom. The van der Waals surface area contributed by atoms with Gasteiger partial charge in [-0.05, 0) is 31.0 Å². The molecular formula is C15H14ClF3N4OS. The van der Waals surface area contributed by atoms with E-state index in [9.17, 15) is 18.0 Å². The van der Waals surface area contributed by atoms with E-state index < -0.39 is 17.6 Å². The Balaban J connectivity index is 1.65. The van der Waals surface area contributed by atoms with Crippen molar-refractivity contribution in [3.05, 3.63) is 34.6 Å². The molecule has 5 nitrogen and oxygen atoms in total. The van der Waals surface area contributed by atoms with Crippen molar-refractivity contribution in [2.45, 2.75) is 30.1 Å². The molecule has 1 aliphatic carbocycles. The Morgan fingerprint density at radius 3 is 2.76 bits per heavy atom. The smallest absolute Gasteiger partial charge is 0.325 e. The lowest BCUT2D eigenvalue weighted by Gasteiger charge is -2.14. The molecule has 0 radical (unpaired) electrons. The van der Waals surface area contributed by atoms with Crippen molar-refractivity contribution in [2.24, 2.45) is 7.05 Å². The Kier molecular flexibility index (Phi) is 4.97. The number of aromatic nitrogens is 3. The van der Waals surface area contributed by atoms with Crippen LogP contribution in [0.1, 0.15) is 30.1 Å². The van der Waals surface area contributed by atoms with E-state index in [1.54, 1.807) is 0 Å². The number of hydrogen-bond donors (Lipinski definition) is 1. The van der Waals surface area contributed by atoms with E-state index >= 15 is 0 Å². The Labute approximate surface area is 150 Å².